The molecule has 2 aromatic rings. The largest absolute Gasteiger partial charge is 0.349 e. The standard InChI is InChI=1S/C21H29N3OS/c1-3-24-10-8-15(9-11-24)21-23-18-12-14(2)17(13-19(18)26-21)20(25)22-16-6-4-5-7-16/h12-13,15-16H,3-11H2,1-2H3,(H,22,25). The van der Waals surface area contributed by atoms with Crippen LogP contribution in [0, 0.1) is 6.92 Å². The lowest BCUT2D eigenvalue weighted by molar-refractivity contribution is 0.0937. The van der Waals surface area contributed by atoms with Crippen LogP contribution >= 0.6 is 11.3 Å². The molecule has 0 spiro atoms. The third kappa shape index (κ3) is 3.65. The van der Waals surface area contributed by atoms with E-state index in [-0.39, 0.29) is 5.91 Å². The highest BCUT2D eigenvalue weighted by Crippen LogP contribution is 2.35. The Bertz CT molecular complexity index is 786. The number of hydrogen-bond donors (Lipinski definition) is 1. The van der Waals surface area contributed by atoms with Gasteiger partial charge in [-0.2, -0.15) is 0 Å². The molecule has 5 heteroatoms. The summed E-state index contributed by atoms with van der Waals surface area (Å²) < 4.78 is 1.15. The van der Waals surface area contributed by atoms with E-state index in [0.717, 1.165) is 40.7 Å². The van der Waals surface area contributed by atoms with Crippen LogP contribution in [0.25, 0.3) is 10.2 Å². The number of thiazole rings is 1. The highest BCUT2D eigenvalue weighted by atomic mass is 32.1. The number of rotatable bonds is 4. The highest BCUT2D eigenvalue weighted by Gasteiger charge is 2.24. The van der Waals surface area contributed by atoms with Crippen LogP contribution in [0.3, 0.4) is 0 Å². The van der Waals surface area contributed by atoms with Crippen LogP contribution < -0.4 is 5.32 Å². The normalized spacial score (nSPS) is 20.1. The summed E-state index contributed by atoms with van der Waals surface area (Å²) in [6.45, 7) is 7.75. The highest BCUT2D eigenvalue weighted by molar-refractivity contribution is 7.18. The number of carbonyl (C=O) groups excluding carboxylic acids is 1. The van der Waals surface area contributed by atoms with E-state index in [1.165, 1.54) is 43.8 Å². The zero-order chi connectivity index (χ0) is 18.1. The molecule has 2 heterocycles. The van der Waals surface area contributed by atoms with Crippen molar-refractivity contribution in [1.29, 1.82) is 0 Å². The van der Waals surface area contributed by atoms with E-state index < -0.39 is 0 Å². The number of nitrogens with one attached hydrogen (secondary N) is 1. The Morgan fingerprint density at radius 2 is 1.96 bits per heavy atom. The summed E-state index contributed by atoms with van der Waals surface area (Å²) in [6, 6.07) is 4.52. The van der Waals surface area contributed by atoms with Crippen molar-refractivity contribution in [2.45, 2.75) is 64.3 Å². The first-order valence-electron chi connectivity index (χ1n) is 10.1. The molecule has 4 rings (SSSR count). The second kappa shape index (κ2) is 7.65. The van der Waals surface area contributed by atoms with Crippen LogP contribution in [0.1, 0.15) is 72.3 Å². The van der Waals surface area contributed by atoms with Gasteiger partial charge < -0.3 is 10.2 Å². The first kappa shape index (κ1) is 17.9. The number of aromatic nitrogens is 1. The van der Waals surface area contributed by atoms with Crippen molar-refractivity contribution < 1.29 is 4.79 Å². The fraction of sp³-hybridized carbons (Fsp3) is 0.619. The van der Waals surface area contributed by atoms with E-state index in [1.807, 2.05) is 6.92 Å². The summed E-state index contributed by atoms with van der Waals surface area (Å²) in [5.74, 6) is 0.661. The number of nitrogens with zero attached hydrogens (tertiary/aromatic N) is 2. The van der Waals surface area contributed by atoms with E-state index in [2.05, 4.69) is 29.3 Å². The Labute approximate surface area is 160 Å². The van der Waals surface area contributed by atoms with E-state index >= 15 is 0 Å². The lowest BCUT2D eigenvalue weighted by atomic mass is 9.97. The Hall–Kier alpha value is -1.46. The van der Waals surface area contributed by atoms with Gasteiger partial charge in [-0.3, -0.25) is 4.79 Å². The number of piperidine rings is 1. The van der Waals surface area contributed by atoms with Gasteiger partial charge in [0.1, 0.15) is 0 Å². The smallest absolute Gasteiger partial charge is 0.251 e. The maximum atomic E-state index is 12.7. The fourth-order valence-electron chi connectivity index (χ4n) is 4.34. The Balaban J connectivity index is 1.53. The molecule has 1 saturated heterocycles. The minimum atomic E-state index is 0.0857. The molecule has 0 unspecified atom stereocenters. The molecule has 4 nitrogen and oxygen atoms in total. The third-order valence-electron chi connectivity index (χ3n) is 6.07. The topological polar surface area (TPSA) is 45.2 Å². The number of fused-ring (bicyclic) bond motifs is 1. The number of aryl methyl sites for hydroxylation is 1. The molecule has 26 heavy (non-hydrogen) atoms. The van der Waals surface area contributed by atoms with E-state index in [4.69, 9.17) is 4.98 Å². The summed E-state index contributed by atoms with van der Waals surface area (Å²) in [4.78, 5) is 20.1. The molecule has 2 aliphatic rings. The second-order valence-electron chi connectivity index (χ2n) is 7.85. The maximum absolute atomic E-state index is 12.7. The van der Waals surface area contributed by atoms with Gasteiger partial charge in [-0.25, -0.2) is 4.98 Å². The van der Waals surface area contributed by atoms with E-state index in [0.29, 0.717) is 12.0 Å². The molecule has 1 N–H and O–H groups in total. The van der Waals surface area contributed by atoms with Crippen LogP contribution in [0.2, 0.25) is 0 Å². The zero-order valence-electron chi connectivity index (χ0n) is 15.9. The summed E-state index contributed by atoms with van der Waals surface area (Å²) in [5.41, 5.74) is 2.91. The van der Waals surface area contributed by atoms with E-state index in [1.54, 1.807) is 11.3 Å². The molecule has 0 radical (unpaired) electrons. The van der Waals surface area contributed by atoms with Gasteiger partial charge in [-0.05, 0) is 69.9 Å². The summed E-state index contributed by atoms with van der Waals surface area (Å²) in [6.07, 6.45) is 7.10. The van der Waals surface area contributed by atoms with Crippen molar-refractivity contribution in [3.05, 3.63) is 28.3 Å². The molecule has 140 valence electrons. The molecule has 2 fully saturated rings. The molecule has 1 saturated carbocycles. The molecule has 0 bridgehead atoms. The van der Waals surface area contributed by atoms with Gasteiger partial charge in [0.2, 0.25) is 0 Å². The maximum Gasteiger partial charge on any atom is 0.251 e. The Kier molecular flexibility index (Phi) is 5.28. The van der Waals surface area contributed by atoms with Crippen LogP contribution in [-0.2, 0) is 0 Å². The van der Waals surface area contributed by atoms with Gasteiger partial charge >= 0.3 is 0 Å². The summed E-state index contributed by atoms with van der Waals surface area (Å²) >= 11 is 1.79. The monoisotopic (exact) mass is 371 g/mol. The second-order valence-corrected chi connectivity index (χ2v) is 8.91. The zero-order valence-corrected chi connectivity index (χ0v) is 16.7. The van der Waals surface area contributed by atoms with Crippen molar-refractivity contribution in [2.75, 3.05) is 19.6 Å². The van der Waals surface area contributed by atoms with Gasteiger partial charge in [-0.15, -0.1) is 11.3 Å². The van der Waals surface area contributed by atoms with Gasteiger partial charge in [0.25, 0.3) is 5.91 Å². The molecule has 1 amide bonds. The minimum absolute atomic E-state index is 0.0857. The number of carbonyl (C=O) groups is 1. The van der Waals surface area contributed by atoms with Gasteiger partial charge in [0, 0.05) is 17.5 Å². The van der Waals surface area contributed by atoms with Crippen LogP contribution in [0.15, 0.2) is 12.1 Å². The minimum Gasteiger partial charge on any atom is -0.349 e. The molecule has 0 atom stereocenters. The van der Waals surface area contributed by atoms with E-state index in [9.17, 15) is 4.79 Å². The average Bonchev–Trinajstić information content (AvgIpc) is 3.30. The molecular formula is C21H29N3OS. The molecule has 1 aliphatic heterocycles. The van der Waals surface area contributed by atoms with Crippen molar-refractivity contribution >= 4 is 27.5 Å². The third-order valence-corrected chi connectivity index (χ3v) is 7.25. The van der Waals surface area contributed by atoms with Crippen molar-refractivity contribution in [2.24, 2.45) is 0 Å². The van der Waals surface area contributed by atoms with Crippen LogP contribution in [-0.4, -0.2) is 41.5 Å². The first-order valence-corrected chi connectivity index (χ1v) is 10.9. The number of hydrogen-bond acceptors (Lipinski definition) is 4. The Morgan fingerprint density at radius 3 is 2.65 bits per heavy atom. The Morgan fingerprint density at radius 1 is 1.23 bits per heavy atom. The fourth-order valence-corrected chi connectivity index (χ4v) is 5.50. The molecule has 1 aromatic heterocycles. The number of likely N-dealkylation sites (tertiary alicyclic amines) is 1. The molecular weight excluding hydrogens is 342 g/mol. The van der Waals surface area contributed by atoms with Crippen LogP contribution in [0.4, 0.5) is 0 Å². The number of benzene rings is 1. The lowest BCUT2D eigenvalue weighted by Crippen LogP contribution is -2.32. The van der Waals surface area contributed by atoms with Crippen molar-refractivity contribution in [3.63, 3.8) is 0 Å². The summed E-state index contributed by atoms with van der Waals surface area (Å²) in [7, 11) is 0. The molecule has 1 aliphatic carbocycles. The van der Waals surface area contributed by atoms with Crippen LogP contribution in [0.5, 0.6) is 0 Å². The van der Waals surface area contributed by atoms with Gasteiger partial charge in [-0.1, -0.05) is 19.8 Å². The van der Waals surface area contributed by atoms with Gasteiger partial charge in [0.15, 0.2) is 0 Å². The van der Waals surface area contributed by atoms with Crippen molar-refractivity contribution in [3.8, 4) is 0 Å². The first-order chi connectivity index (χ1) is 12.6. The lowest BCUT2D eigenvalue weighted by Gasteiger charge is -2.29. The predicted octanol–water partition coefficient (Wildman–Crippen LogP) is 4.48. The number of amides is 1. The van der Waals surface area contributed by atoms with Crippen molar-refractivity contribution in [1.82, 2.24) is 15.2 Å². The van der Waals surface area contributed by atoms with Gasteiger partial charge in [0.05, 0.1) is 15.2 Å². The SMILES string of the molecule is CCN1CCC(c2nc3cc(C)c(C(=O)NC4CCCC4)cc3s2)CC1. The quantitative estimate of drug-likeness (QED) is 0.862. The average molecular weight is 372 g/mol. The summed E-state index contributed by atoms with van der Waals surface area (Å²) in [5, 5.41) is 4.48. The predicted molar refractivity (Wildman–Crippen MR) is 108 cm³/mol. The molecule has 1 aromatic carbocycles.